The van der Waals surface area contributed by atoms with Crippen LogP contribution < -0.4 is 9.62 Å². The predicted molar refractivity (Wildman–Crippen MR) is 154 cm³/mol. The average Bonchev–Trinajstić information content (AvgIpc) is 3.44. The Morgan fingerprint density at radius 1 is 1.02 bits per heavy atom. The summed E-state index contributed by atoms with van der Waals surface area (Å²) in [6.07, 6.45) is 3.85. The summed E-state index contributed by atoms with van der Waals surface area (Å²) in [6.45, 7) is 2.99. The fourth-order valence-electron chi connectivity index (χ4n) is 4.78. The Morgan fingerprint density at radius 2 is 1.68 bits per heavy atom. The van der Waals surface area contributed by atoms with Crippen LogP contribution in [0.25, 0.3) is 0 Å². The number of aryl methyl sites for hydroxylation is 1. The number of nitrogens with one attached hydrogen (secondary N) is 1. The highest BCUT2D eigenvalue weighted by molar-refractivity contribution is 7.92. The van der Waals surface area contributed by atoms with E-state index in [9.17, 15) is 22.4 Å². The molecule has 1 aliphatic carbocycles. The highest BCUT2D eigenvalue weighted by Gasteiger charge is 2.33. The van der Waals surface area contributed by atoms with E-state index in [2.05, 4.69) is 5.32 Å². The Hall–Kier alpha value is -3.43. The van der Waals surface area contributed by atoms with Crippen molar-refractivity contribution in [2.24, 2.45) is 0 Å². The normalized spacial score (nSPS) is 14.5. The van der Waals surface area contributed by atoms with Gasteiger partial charge in [-0.1, -0.05) is 54.3 Å². The maximum absolute atomic E-state index is 13.9. The quantitative estimate of drug-likeness (QED) is 0.342. The van der Waals surface area contributed by atoms with Crippen LogP contribution in [0.15, 0.2) is 77.7 Å². The van der Waals surface area contributed by atoms with Gasteiger partial charge in [-0.05, 0) is 80.8 Å². The molecular weight excluding hydrogens is 553 g/mol. The number of carbonyl (C=O) groups excluding carboxylic acids is 2. The van der Waals surface area contributed by atoms with E-state index in [4.69, 9.17) is 11.6 Å². The first-order chi connectivity index (χ1) is 19.0. The van der Waals surface area contributed by atoms with Gasteiger partial charge in [-0.15, -0.1) is 0 Å². The van der Waals surface area contributed by atoms with Crippen LogP contribution in [0.1, 0.15) is 43.7 Å². The largest absolute Gasteiger partial charge is 0.352 e. The highest BCUT2D eigenvalue weighted by atomic mass is 35.5. The van der Waals surface area contributed by atoms with Crippen LogP contribution in [0.4, 0.5) is 10.1 Å². The standard InChI is InChI=1S/C30H33ClFN3O4S/c1-21-10-14-27(15-11-21)35(40(38,39)28-16-12-25(32)13-17-28)20-29(36)34(19-23-6-5-7-24(31)18-23)22(2)30(37)33-26-8-3-4-9-26/h5-7,10-18,22,26H,3-4,8-9,19-20H2,1-2H3,(H,33,37)/t22-/m0/s1. The van der Waals surface area contributed by atoms with Gasteiger partial charge in [0.15, 0.2) is 0 Å². The van der Waals surface area contributed by atoms with Gasteiger partial charge in [0.1, 0.15) is 18.4 Å². The lowest BCUT2D eigenvalue weighted by Crippen LogP contribution is -2.52. The third kappa shape index (κ3) is 7.20. The van der Waals surface area contributed by atoms with Crippen molar-refractivity contribution in [1.82, 2.24) is 10.2 Å². The SMILES string of the molecule is Cc1ccc(N(CC(=O)N(Cc2cccc(Cl)c2)[C@@H](C)C(=O)NC2CCCC2)S(=O)(=O)c2ccc(F)cc2)cc1. The van der Waals surface area contributed by atoms with E-state index < -0.39 is 34.3 Å². The maximum atomic E-state index is 13.9. The molecule has 40 heavy (non-hydrogen) atoms. The zero-order valence-electron chi connectivity index (χ0n) is 22.5. The smallest absolute Gasteiger partial charge is 0.264 e. The minimum Gasteiger partial charge on any atom is -0.352 e. The second-order valence-electron chi connectivity index (χ2n) is 10.1. The third-order valence-corrected chi connectivity index (χ3v) is 9.14. The highest BCUT2D eigenvalue weighted by Crippen LogP contribution is 2.26. The Labute approximate surface area is 240 Å². The molecule has 1 saturated carbocycles. The molecule has 212 valence electrons. The van der Waals surface area contributed by atoms with Gasteiger partial charge in [-0.2, -0.15) is 0 Å². The van der Waals surface area contributed by atoms with Crippen LogP contribution >= 0.6 is 11.6 Å². The van der Waals surface area contributed by atoms with Crippen molar-refractivity contribution >= 4 is 39.1 Å². The fourth-order valence-corrected chi connectivity index (χ4v) is 6.41. The molecule has 0 heterocycles. The molecule has 10 heteroatoms. The Bertz CT molecular complexity index is 1440. The number of hydrogen-bond acceptors (Lipinski definition) is 4. The van der Waals surface area contributed by atoms with Crippen molar-refractivity contribution in [1.29, 1.82) is 0 Å². The number of carbonyl (C=O) groups is 2. The molecule has 7 nitrogen and oxygen atoms in total. The van der Waals surface area contributed by atoms with Gasteiger partial charge in [0.25, 0.3) is 10.0 Å². The number of hydrogen-bond donors (Lipinski definition) is 1. The van der Waals surface area contributed by atoms with E-state index in [1.54, 1.807) is 55.5 Å². The van der Waals surface area contributed by atoms with Crippen molar-refractivity contribution in [3.8, 4) is 0 Å². The van der Waals surface area contributed by atoms with Gasteiger partial charge in [-0.25, -0.2) is 12.8 Å². The molecule has 0 bridgehead atoms. The molecule has 1 fully saturated rings. The van der Waals surface area contributed by atoms with E-state index in [1.807, 2.05) is 6.92 Å². The molecule has 0 radical (unpaired) electrons. The topological polar surface area (TPSA) is 86.8 Å². The van der Waals surface area contributed by atoms with Gasteiger partial charge in [0.2, 0.25) is 11.8 Å². The molecular formula is C30H33ClFN3O4S. The molecule has 0 saturated heterocycles. The summed E-state index contributed by atoms with van der Waals surface area (Å²) in [5.74, 6) is -1.45. The summed E-state index contributed by atoms with van der Waals surface area (Å²) in [6, 6.07) is 17.3. The lowest BCUT2D eigenvalue weighted by molar-refractivity contribution is -0.139. The Balaban J connectivity index is 1.68. The number of benzene rings is 3. The second-order valence-corrected chi connectivity index (χ2v) is 12.4. The molecule has 1 N–H and O–H groups in total. The molecule has 1 atom stereocenters. The van der Waals surface area contributed by atoms with Gasteiger partial charge < -0.3 is 10.2 Å². The van der Waals surface area contributed by atoms with E-state index in [0.29, 0.717) is 10.6 Å². The van der Waals surface area contributed by atoms with E-state index >= 15 is 0 Å². The summed E-state index contributed by atoms with van der Waals surface area (Å²) in [5.41, 5.74) is 1.88. The summed E-state index contributed by atoms with van der Waals surface area (Å²) in [7, 11) is -4.26. The number of halogens is 2. The summed E-state index contributed by atoms with van der Waals surface area (Å²) in [4.78, 5) is 28.4. The average molecular weight is 586 g/mol. The third-order valence-electron chi connectivity index (χ3n) is 7.11. The summed E-state index contributed by atoms with van der Waals surface area (Å²) >= 11 is 6.18. The van der Waals surface area contributed by atoms with E-state index in [1.165, 1.54) is 4.90 Å². The van der Waals surface area contributed by atoms with E-state index in [0.717, 1.165) is 59.8 Å². The molecule has 2 amide bonds. The summed E-state index contributed by atoms with van der Waals surface area (Å²) < 4.78 is 42.1. The van der Waals surface area contributed by atoms with Gasteiger partial charge >= 0.3 is 0 Å². The lowest BCUT2D eigenvalue weighted by Gasteiger charge is -2.32. The molecule has 0 spiro atoms. The van der Waals surface area contributed by atoms with E-state index in [-0.39, 0.29) is 29.1 Å². The van der Waals surface area contributed by atoms with Gasteiger partial charge in [0, 0.05) is 17.6 Å². The Kier molecular flexibility index (Phi) is 9.48. The fraction of sp³-hybridized carbons (Fsp3) is 0.333. The van der Waals surface area contributed by atoms with Crippen molar-refractivity contribution in [3.63, 3.8) is 0 Å². The number of nitrogens with zero attached hydrogens (tertiary/aromatic N) is 2. The van der Waals surface area contributed by atoms with Crippen LogP contribution in [0, 0.1) is 12.7 Å². The van der Waals surface area contributed by atoms with Crippen molar-refractivity contribution in [3.05, 3.63) is 94.8 Å². The molecule has 1 aliphatic rings. The molecule has 4 rings (SSSR count). The first kappa shape index (κ1) is 29.6. The lowest BCUT2D eigenvalue weighted by atomic mass is 10.1. The first-order valence-electron chi connectivity index (χ1n) is 13.2. The monoisotopic (exact) mass is 585 g/mol. The molecule has 3 aromatic rings. The van der Waals surface area contributed by atoms with Gasteiger partial charge in [0.05, 0.1) is 10.6 Å². The van der Waals surface area contributed by atoms with Crippen molar-refractivity contribution in [2.75, 3.05) is 10.8 Å². The van der Waals surface area contributed by atoms with Crippen molar-refractivity contribution in [2.45, 2.75) is 63.1 Å². The molecule has 0 unspecified atom stereocenters. The summed E-state index contributed by atoms with van der Waals surface area (Å²) in [5, 5.41) is 3.52. The second kappa shape index (κ2) is 12.8. The van der Waals surface area contributed by atoms with Crippen LogP contribution in [0.3, 0.4) is 0 Å². The minimum atomic E-state index is -4.26. The van der Waals surface area contributed by atoms with Crippen LogP contribution in [-0.2, 0) is 26.2 Å². The van der Waals surface area contributed by atoms with Crippen molar-refractivity contribution < 1.29 is 22.4 Å². The number of sulfonamides is 1. The van der Waals surface area contributed by atoms with Crippen LogP contribution in [0.2, 0.25) is 5.02 Å². The first-order valence-corrected chi connectivity index (χ1v) is 15.1. The number of anilines is 1. The minimum absolute atomic E-state index is 0.0526. The predicted octanol–water partition coefficient (Wildman–Crippen LogP) is 5.46. The van der Waals surface area contributed by atoms with Crippen LogP contribution in [-0.4, -0.2) is 43.8 Å². The zero-order valence-corrected chi connectivity index (χ0v) is 24.1. The number of rotatable bonds is 10. The molecule has 3 aromatic carbocycles. The molecule has 0 aromatic heterocycles. The number of amides is 2. The van der Waals surface area contributed by atoms with Crippen LogP contribution in [0.5, 0.6) is 0 Å². The Morgan fingerprint density at radius 3 is 2.30 bits per heavy atom. The van der Waals surface area contributed by atoms with Gasteiger partial charge in [-0.3, -0.25) is 13.9 Å². The molecule has 0 aliphatic heterocycles. The zero-order chi connectivity index (χ0) is 28.9. The maximum Gasteiger partial charge on any atom is 0.264 e.